The number of nitrogens with two attached hydrogens (primary N) is 1. The van der Waals surface area contributed by atoms with Gasteiger partial charge in [0, 0.05) is 24.7 Å². The van der Waals surface area contributed by atoms with Gasteiger partial charge >= 0.3 is 0 Å². The van der Waals surface area contributed by atoms with E-state index >= 15 is 0 Å². The fourth-order valence-corrected chi connectivity index (χ4v) is 3.62. The van der Waals surface area contributed by atoms with Crippen molar-refractivity contribution in [1.29, 1.82) is 0 Å². The average molecular weight is 230 g/mol. The predicted molar refractivity (Wildman–Crippen MR) is 70.7 cm³/mol. The Labute approximate surface area is 104 Å². The molecule has 2 nitrogen and oxygen atoms in total. The Hall–Kier alpha value is -0.860. The highest BCUT2D eigenvalue weighted by Gasteiger charge is 2.40. The number of fused-ring (bicyclic) bond motifs is 2. The minimum atomic E-state index is 0.389. The second-order valence-electron chi connectivity index (χ2n) is 5.67. The summed E-state index contributed by atoms with van der Waals surface area (Å²) in [7, 11) is 0. The maximum absolute atomic E-state index is 6.28. The number of likely N-dealkylation sites (tertiary alicyclic amines) is 1. The molecule has 1 aliphatic carbocycles. The molecule has 4 atom stereocenters. The van der Waals surface area contributed by atoms with Crippen LogP contribution in [0.5, 0.6) is 0 Å². The number of piperidine rings is 1. The first kappa shape index (κ1) is 11.2. The molecule has 92 valence electrons. The highest BCUT2D eigenvalue weighted by Crippen LogP contribution is 2.39. The van der Waals surface area contributed by atoms with E-state index in [1.54, 1.807) is 0 Å². The Balaban J connectivity index is 1.80. The zero-order valence-corrected chi connectivity index (χ0v) is 10.5. The SMILES string of the molecule is C[C@@H](c1ccccc1)N1C[C@@H](N)[C@@H]2CC[C@H]1C2. The summed E-state index contributed by atoms with van der Waals surface area (Å²) >= 11 is 0. The average Bonchev–Trinajstić information content (AvgIpc) is 2.80. The van der Waals surface area contributed by atoms with Crippen LogP contribution >= 0.6 is 0 Å². The van der Waals surface area contributed by atoms with E-state index in [2.05, 4.69) is 42.2 Å². The quantitative estimate of drug-likeness (QED) is 0.846. The topological polar surface area (TPSA) is 29.3 Å². The molecule has 0 unspecified atom stereocenters. The Morgan fingerprint density at radius 1 is 1.24 bits per heavy atom. The summed E-state index contributed by atoms with van der Waals surface area (Å²) in [5.41, 5.74) is 7.70. The lowest BCUT2D eigenvalue weighted by atomic mass is 9.92. The molecule has 2 bridgehead atoms. The molecule has 1 aromatic carbocycles. The molecule has 1 heterocycles. The van der Waals surface area contributed by atoms with Gasteiger partial charge in [-0.1, -0.05) is 30.3 Å². The van der Waals surface area contributed by atoms with Gasteiger partial charge in [-0.05, 0) is 37.7 Å². The van der Waals surface area contributed by atoms with Gasteiger partial charge in [0.2, 0.25) is 0 Å². The lowest BCUT2D eigenvalue weighted by Crippen LogP contribution is -2.50. The number of hydrogen-bond donors (Lipinski definition) is 1. The summed E-state index contributed by atoms with van der Waals surface area (Å²) in [6, 6.07) is 12.5. The molecule has 0 radical (unpaired) electrons. The van der Waals surface area contributed by atoms with Crippen LogP contribution in [-0.4, -0.2) is 23.5 Å². The van der Waals surface area contributed by atoms with E-state index in [4.69, 9.17) is 5.73 Å². The first-order valence-corrected chi connectivity index (χ1v) is 6.82. The lowest BCUT2D eigenvalue weighted by molar-refractivity contribution is 0.0969. The summed E-state index contributed by atoms with van der Waals surface area (Å²) in [5, 5.41) is 0. The van der Waals surface area contributed by atoms with E-state index in [1.807, 2.05) is 0 Å². The molecule has 0 amide bonds. The molecule has 1 aromatic rings. The van der Waals surface area contributed by atoms with Crippen LogP contribution < -0.4 is 5.73 Å². The standard InChI is InChI=1S/C15H22N2/c1-11(12-5-3-2-4-6-12)17-10-15(16)13-7-8-14(17)9-13/h2-6,11,13-15H,7-10,16H2,1H3/t11-,13+,14-,15+/m0/s1. The summed E-state index contributed by atoms with van der Waals surface area (Å²) in [5.74, 6) is 0.791. The minimum Gasteiger partial charge on any atom is -0.326 e. The number of hydrogen-bond acceptors (Lipinski definition) is 2. The molecule has 1 saturated carbocycles. The fourth-order valence-electron chi connectivity index (χ4n) is 3.62. The van der Waals surface area contributed by atoms with Gasteiger partial charge in [0.25, 0.3) is 0 Å². The van der Waals surface area contributed by atoms with E-state index in [-0.39, 0.29) is 0 Å². The van der Waals surface area contributed by atoms with E-state index in [0.717, 1.165) is 18.5 Å². The number of rotatable bonds is 2. The van der Waals surface area contributed by atoms with Crippen LogP contribution in [0.1, 0.15) is 37.8 Å². The van der Waals surface area contributed by atoms with Crippen LogP contribution in [0, 0.1) is 5.92 Å². The molecular weight excluding hydrogens is 208 g/mol. The number of nitrogens with zero attached hydrogens (tertiary/aromatic N) is 1. The van der Waals surface area contributed by atoms with Crippen molar-refractivity contribution in [3.8, 4) is 0 Å². The van der Waals surface area contributed by atoms with Crippen molar-refractivity contribution in [2.45, 2.75) is 44.3 Å². The van der Waals surface area contributed by atoms with Gasteiger partial charge in [-0.3, -0.25) is 4.90 Å². The van der Waals surface area contributed by atoms with Crippen molar-refractivity contribution in [3.63, 3.8) is 0 Å². The summed E-state index contributed by atoms with van der Waals surface area (Å²) in [6.07, 6.45) is 4.00. The van der Waals surface area contributed by atoms with Crippen LogP contribution in [-0.2, 0) is 0 Å². The largest absolute Gasteiger partial charge is 0.326 e. The Kier molecular flexibility index (Phi) is 2.93. The molecule has 2 N–H and O–H groups in total. The lowest BCUT2D eigenvalue weighted by Gasteiger charge is -2.41. The molecule has 2 aliphatic rings. The van der Waals surface area contributed by atoms with E-state index in [1.165, 1.54) is 24.8 Å². The van der Waals surface area contributed by atoms with Crippen molar-refractivity contribution in [3.05, 3.63) is 35.9 Å². The Morgan fingerprint density at radius 2 is 2.00 bits per heavy atom. The highest BCUT2D eigenvalue weighted by atomic mass is 15.2. The third-order valence-corrected chi connectivity index (χ3v) is 4.72. The van der Waals surface area contributed by atoms with Gasteiger partial charge in [0.05, 0.1) is 0 Å². The highest BCUT2D eigenvalue weighted by molar-refractivity contribution is 5.19. The monoisotopic (exact) mass is 230 g/mol. The molecule has 0 aromatic heterocycles. The van der Waals surface area contributed by atoms with Crippen molar-refractivity contribution in [1.82, 2.24) is 4.90 Å². The number of benzene rings is 1. The molecule has 17 heavy (non-hydrogen) atoms. The molecular formula is C15H22N2. The maximum atomic E-state index is 6.28. The molecule has 1 saturated heterocycles. The normalized spacial score (nSPS) is 34.8. The van der Waals surface area contributed by atoms with Crippen molar-refractivity contribution < 1.29 is 0 Å². The second-order valence-corrected chi connectivity index (χ2v) is 5.67. The van der Waals surface area contributed by atoms with Crippen molar-refractivity contribution in [2.24, 2.45) is 11.7 Å². The molecule has 0 spiro atoms. The van der Waals surface area contributed by atoms with Crippen LogP contribution in [0.15, 0.2) is 30.3 Å². The zero-order valence-electron chi connectivity index (χ0n) is 10.5. The molecule has 1 aliphatic heterocycles. The van der Waals surface area contributed by atoms with Gasteiger partial charge in [-0.2, -0.15) is 0 Å². The molecule has 2 heteroatoms. The summed E-state index contributed by atoms with van der Waals surface area (Å²) in [6.45, 7) is 3.39. The second kappa shape index (κ2) is 4.43. The maximum Gasteiger partial charge on any atom is 0.0323 e. The Bertz CT molecular complexity index is 376. The van der Waals surface area contributed by atoms with Crippen LogP contribution in [0.2, 0.25) is 0 Å². The van der Waals surface area contributed by atoms with Crippen LogP contribution in [0.3, 0.4) is 0 Å². The van der Waals surface area contributed by atoms with Crippen molar-refractivity contribution in [2.75, 3.05) is 6.54 Å². The predicted octanol–water partition coefficient (Wildman–Crippen LogP) is 2.56. The first-order chi connectivity index (χ1) is 8.25. The van der Waals surface area contributed by atoms with Gasteiger partial charge in [-0.15, -0.1) is 0 Å². The smallest absolute Gasteiger partial charge is 0.0323 e. The summed E-state index contributed by atoms with van der Waals surface area (Å²) < 4.78 is 0. The van der Waals surface area contributed by atoms with Crippen molar-refractivity contribution >= 4 is 0 Å². The molecule has 3 rings (SSSR count). The van der Waals surface area contributed by atoms with Gasteiger partial charge in [0.15, 0.2) is 0 Å². The van der Waals surface area contributed by atoms with E-state index in [9.17, 15) is 0 Å². The van der Waals surface area contributed by atoms with E-state index < -0.39 is 0 Å². The van der Waals surface area contributed by atoms with Gasteiger partial charge in [-0.25, -0.2) is 0 Å². The summed E-state index contributed by atoms with van der Waals surface area (Å²) in [4.78, 5) is 2.63. The first-order valence-electron chi connectivity index (χ1n) is 6.82. The van der Waals surface area contributed by atoms with Crippen LogP contribution in [0.4, 0.5) is 0 Å². The fraction of sp³-hybridized carbons (Fsp3) is 0.600. The van der Waals surface area contributed by atoms with Gasteiger partial charge in [0.1, 0.15) is 0 Å². The zero-order chi connectivity index (χ0) is 11.8. The molecule has 2 fully saturated rings. The minimum absolute atomic E-state index is 0.389. The van der Waals surface area contributed by atoms with Gasteiger partial charge < -0.3 is 5.73 Å². The Morgan fingerprint density at radius 3 is 2.76 bits per heavy atom. The van der Waals surface area contributed by atoms with Crippen LogP contribution in [0.25, 0.3) is 0 Å². The third-order valence-electron chi connectivity index (χ3n) is 4.72. The van der Waals surface area contributed by atoms with E-state index in [0.29, 0.717) is 12.1 Å². The third kappa shape index (κ3) is 2.00.